The molecule has 1 amide bonds. The van der Waals surface area contributed by atoms with E-state index in [4.69, 9.17) is 4.42 Å². The number of hydrogen-bond acceptors (Lipinski definition) is 5. The Hall–Kier alpha value is -2.41. The van der Waals surface area contributed by atoms with Crippen molar-refractivity contribution < 1.29 is 9.21 Å². The van der Waals surface area contributed by atoms with E-state index in [9.17, 15) is 9.59 Å². The van der Waals surface area contributed by atoms with E-state index in [1.165, 1.54) is 6.26 Å². The number of carbonyl (C=O) groups is 1. The first-order valence-electron chi connectivity index (χ1n) is 6.76. The van der Waals surface area contributed by atoms with Crippen molar-refractivity contribution in [2.45, 2.75) is 0 Å². The summed E-state index contributed by atoms with van der Waals surface area (Å²) >= 11 is 0. The number of H-pyrrole nitrogens is 1. The Morgan fingerprint density at radius 1 is 1.33 bits per heavy atom. The molecule has 110 valence electrons. The number of hydrogen-bond donors (Lipinski definition) is 1. The fourth-order valence-electron chi connectivity index (χ4n) is 2.30. The fourth-order valence-corrected chi connectivity index (χ4v) is 2.30. The second kappa shape index (κ2) is 5.53. The van der Waals surface area contributed by atoms with Crippen LogP contribution in [0.2, 0.25) is 0 Å². The Morgan fingerprint density at radius 2 is 2.10 bits per heavy atom. The maximum atomic E-state index is 12.4. The molecule has 0 radical (unpaired) electrons. The maximum Gasteiger partial charge on any atom is 0.346 e. The average molecular weight is 288 g/mol. The molecule has 0 unspecified atom stereocenters. The molecule has 0 spiro atoms. The van der Waals surface area contributed by atoms with Crippen molar-refractivity contribution in [3.8, 4) is 11.5 Å². The molecule has 3 heterocycles. The van der Waals surface area contributed by atoms with Gasteiger partial charge in [-0.2, -0.15) is 4.98 Å². The lowest BCUT2D eigenvalue weighted by molar-refractivity contribution is 0.0657. The summed E-state index contributed by atoms with van der Waals surface area (Å²) in [5.74, 6) is 0.281. The lowest BCUT2D eigenvalue weighted by atomic mass is 10.2. The standard InChI is InChI=1S/C14H16N4O3/c1-17-4-6-18(7-5-17)13(19)11-9-10(15-14(20)16-11)12-3-2-8-21-12/h2-3,8-9H,4-7H2,1H3,(H,15,16,20). The third-order valence-electron chi connectivity index (χ3n) is 3.54. The van der Waals surface area contributed by atoms with Crippen LogP contribution in [0, 0.1) is 0 Å². The normalized spacial score (nSPS) is 16.1. The Balaban J connectivity index is 1.88. The number of nitrogens with one attached hydrogen (secondary N) is 1. The monoisotopic (exact) mass is 288 g/mol. The van der Waals surface area contributed by atoms with Gasteiger partial charge in [0.05, 0.1) is 12.0 Å². The van der Waals surface area contributed by atoms with Gasteiger partial charge in [-0.25, -0.2) is 4.79 Å². The van der Waals surface area contributed by atoms with E-state index in [-0.39, 0.29) is 11.6 Å². The number of carbonyl (C=O) groups excluding carboxylic acids is 1. The topological polar surface area (TPSA) is 82.4 Å². The quantitative estimate of drug-likeness (QED) is 0.866. The third-order valence-corrected chi connectivity index (χ3v) is 3.54. The molecule has 21 heavy (non-hydrogen) atoms. The lowest BCUT2D eigenvalue weighted by Crippen LogP contribution is -2.47. The van der Waals surface area contributed by atoms with Gasteiger partial charge in [0.25, 0.3) is 5.91 Å². The van der Waals surface area contributed by atoms with E-state index in [0.717, 1.165) is 13.1 Å². The van der Waals surface area contributed by atoms with Crippen LogP contribution in [0.1, 0.15) is 10.5 Å². The molecule has 0 atom stereocenters. The Kier molecular flexibility index (Phi) is 3.57. The summed E-state index contributed by atoms with van der Waals surface area (Å²) in [6.07, 6.45) is 1.51. The summed E-state index contributed by atoms with van der Waals surface area (Å²) in [7, 11) is 2.02. The van der Waals surface area contributed by atoms with E-state index in [2.05, 4.69) is 14.9 Å². The van der Waals surface area contributed by atoms with Crippen LogP contribution in [0.25, 0.3) is 11.5 Å². The molecule has 3 rings (SSSR count). The van der Waals surface area contributed by atoms with Gasteiger partial charge in [-0.3, -0.25) is 4.79 Å². The van der Waals surface area contributed by atoms with Crippen molar-refractivity contribution in [3.05, 3.63) is 40.6 Å². The highest BCUT2D eigenvalue weighted by Gasteiger charge is 2.22. The van der Waals surface area contributed by atoms with Gasteiger partial charge < -0.3 is 19.2 Å². The van der Waals surface area contributed by atoms with Crippen LogP contribution in [0.15, 0.2) is 33.7 Å². The summed E-state index contributed by atoms with van der Waals surface area (Å²) < 4.78 is 5.24. The molecule has 0 saturated carbocycles. The minimum absolute atomic E-state index is 0.148. The van der Waals surface area contributed by atoms with Crippen molar-refractivity contribution in [3.63, 3.8) is 0 Å². The zero-order valence-electron chi connectivity index (χ0n) is 11.7. The number of aromatic nitrogens is 2. The van der Waals surface area contributed by atoms with Gasteiger partial charge in [0.1, 0.15) is 11.5 Å². The molecule has 1 fully saturated rings. The summed E-state index contributed by atoms with van der Waals surface area (Å²) in [5, 5.41) is 0. The summed E-state index contributed by atoms with van der Waals surface area (Å²) in [6.45, 7) is 2.92. The molecule has 2 aromatic heterocycles. The molecule has 0 aromatic carbocycles. The van der Waals surface area contributed by atoms with Crippen LogP contribution in [-0.4, -0.2) is 58.9 Å². The smallest absolute Gasteiger partial charge is 0.346 e. The Labute approximate surface area is 121 Å². The minimum atomic E-state index is -0.554. The van der Waals surface area contributed by atoms with Crippen molar-refractivity contribution >= 4 is 5.91 Å². The fraction of sp³-hybridized carbons (Fsp3) is 0.357. The number of nitrogens with zero attached hydrogens (tertiary/aromatic N) is 3. The molecule has 1 saturated heterocycles. The molecule has 0 aliphatic carbocycles. The first kappa shape index (κ1) is 13.6. The van der Waals surface area contributed by atoms with Crippen LogP contribution in [0.4, 0.5) is 0 Å². The molecular weight excluding hydrogens is 272 g/mol. The van der Waals surface area contributed by atoms with E-state index in [1.807, 2.05) is 7.05 Å². The number of aromatic amines is 1. The van der Waals surface area contributed by atoms with Crippen molar-refractivity contribution in [2.75, 3.05) is 33.2 Å². The first-order valence-corrected chi connectivity index (χ1v) is 6.76. The van der Waals surface area contributed by atoms with Crippen LogP contribution < -0.4 is 5.69 Å². The SMILES string of the molecule is CN1CCN(C(=O)c2cc(-c3ccco3)[nH]c(=O)n2)CC1. The number of amides is 1. The zero-order valence-corrected chi connectivity index (χ0v) is 11.7. The molecule has 1 N–H and O–H groups in total. The Morgan fingerprint density at radius 3 is 2.76 bits per heavy atom. The summed E-state index contributed by atoms with van der Waals surface area (Å²) in [6, 6.07) is 4.99. The van der Waals surface area contributed by atoms with Gasteiger partial charge in [-0.1, -0.05) is 0 Å². The molecular formula is C14H16N4O3. The number of furan rings is 1. The lowest BCUT2D eigenvalue weighted by Gasteiger charge is -2.32. The van der Waals surface area contributed by atoms with E-state index >= 15 is 0 Å². The number of rotatable bonds is 2. The number of piperazine rings is 1. The second-order valence-corrected chi connectivity index (χ2v) is 5.06. The maximum absolute atomic E-state index is 12.4. The van der Waals surface area contributed by atoms with Crippen LogP contribution in [0.5, 0.6) is 0 Å². The van der Waals surface area contributed by atoms with Gasteiger partial charge in [0, 0.05) is 26.2 Å². The van der Waals surface area contributed by atoms with Crippen molar-refractivity contribution in [1.82, 2.24) is 19.8 Å². The third kappa shape index (κ3) is 2.87. The summed E-state index contributed by atoms with van der Waals surface area (Å²) in [4.78, 5) is 34.3. The molecule has 7 nitrogen and oxygen atoms in total. The van der Waals surface area contributed by atoms with Gasteiger partial charge in [0.15, 0.2) is 0 Å². The van der Waals surface area contributed by atoms with Gasteiger partial charge >= 0.3 is 5.69 Å². The predicted octanol–water partition coefficient (Wildman–Crippen LogP) is 0.418. The van der Waals surface area contributed by atoms with E-state index < -0.39 is 5.69 Å². The predicted molar refractivity (Wildman–Crippen MR) is 76.0 cm³/mol. The Bertz CT molecular complexity index is 684. The second-order valence-electron chi connectivity index (χ2n) is 5.06. The van der Waals surface area contributed by atoms with E-state index in [1.54, 1.807) is 23.1 Å². The van der Waals surface area contributed by atoms with Gasteiger partial charge in [-0.15, -0.1) is 0 Å². The first-order chi connectivity index (χ1) is 10.1. The highest BCUT2D eigenvalue weighted by Crippen LogP contribution is 2.17. The molecule has 1 aliphatic rings. The molecule has 7 heteroatoms. The van der Waals surface area contributed by atoms with Crippen molar-refractivity contribution in [1.29, 1.82) is 0 Å². The number of likely N-dealkylation sites (N-methyl/N-ethyl adjacent to an activating group) is 1. The van der Waals surface area contributed by atoms with Crippen LogP contribution in [-0.2, 0) is 0 Å². The highest BCUT2D eigenvalue weighted by molar-refractivity contribution is 5.93. The molecule has 1 aliphatic heterocycles. The minimum Gasteiger partial charge on any atom is -0.463 e. The highest BCUT2D eigenvalue weighted by atomic mass is 16.3. The zero-order chi connectivity index (χ0) is 14.8. The average Bonchev–Trinajstić information content (AvgIpc) is 3.01. The van der Waals surface area contributed by atoms with Crippen LogP contribution in [0.3, 0.4) is 0 Å². The van der Waals surface area contributed by atoms with Crippen molar-refractivity contribution in [2.24, 2.45) is 0 Å². The summed E-state index contributed by atoms with van der Waals surface area (Å²) in [5.41, 5.74) is 0.0496. The molecule has 0 bridgehead atoms. The van der Waals surface area contributed by atoms with Gasteiger partial charge in [0.2, 0.25) is 0 Å². The van der Waals surface area contributed by atoms with Crippen LogP contribution >= 0.6 is 0 Å². The van der Waals surface area contributed by atoms with E-state index in [0.29, 0.717) is 24.5 Å². The van der Waals surface area contributed by atoms with Gasteiger partial charge in [-0.05, 0) is 25.2 Å². The largest absolute Gasteiger partial charge is 0.463 e. The molecule has 2 aromatic rings.